The van der Waals surface area contributed by atoms with Crippen molar-refractivity contribution in [1.29, 1.82) is 0 Å². The van der Waals surface area contributed by atoms with Crippen LogP contribution in [-0.2, 0) is 17.8 Å². The monoisotopic (exact) mass is 242 g/mol. The Morgan fingerprint density at radius 2 is 2.22 bits per heavy atom. The molecule has 1 atom stereocenters. The van der Waals surface area contributed by atoms with Crippen molar-refractivity contribution in [3.05, 3.63) is 35.4 Å². The van der Waals surface area contributed by atoms with Crippen LogP contribution in [0.25, 0.3) is 0 Å². The number of rotatable bonds is 4. The van der Waals surface area contributed by atoms with Crippen LogP contribution in [0.15, 0.2) is 24.3 Å². The molecule has 3 heteroatoms. The molecule has 1 unspecified atom stereocenters. The lowest BCUT2D eigenvalue weighted by molar-refractivity contribution is -0.123. The average molecular weight is 242 g/mol. The summed E-state index contributed by atoms with van der Waals surface area (Å²) in [5.74, 6) is 2.64. The van der Waals surface area contributed by atoms with Gasteiger partial charge >= 0.3 is 0 Å². The predicted octanol–water partition coefficient (Wildman–Crippen LogP) is 1.23. The normalized spacial score (nSPS) is 17.6. The van der Waals surface area contributed by atoms with Gasteiger partial charge in [0.25, 0.3) is 0 Å². The molecule has 1 aliphatic heterocycles. The van der Waals surface area contributed by atoms with E-state index < -0.39 is 0 Å². The summed E-state index contributed by atoms with van der Waals surface area (Å²) in [5.41, 5.74) is 2.55. The minimum atomic E-state index is -0.120. The number of hydrogen-bond donors (Lipinski definition) is 2. The molecule has 0 bridgehead atoms. The number of benzene rings is 1. The van der Waals surface area contributed by atoms with Gasteiger partial charge in [0.05, 0.1) is 6.04 Å². The number of unbranched alkanes of at least 4 members (excludes halogenated alkanes) is 1. The van der Waals surface area contributed by atoms with Crippen LogP contribution in [0.2, 0.25) is 0 Å². The Hall–Kier alpha value is -1.79. The van der Waals surface area contributed by atoms with Crippen LogP contribution in [0.1, 0.15) is 24.0 Å². The fraction of sp³-hybridized carbons (Fsp3) is 0.400. The third kappa shape index (κ3) is 3.12. The van der Waals surface area contributed by atoms with Crippen LogP contribution in [0.5, 0.6) is 0 Å². The van der Waals surface area contributed by atoms with E-state index in [9.17, 15) is 4.79 Å². The molecule has 1 aromatic carbocycles. The summed E-state index contributed by atoms with van der Waals surface area (Å²) in [5, 5.41) is 6.18. The number of amides is 1. The van der Waals surface area contributed by atoms with Gasteiger partial charge < -0.3 is 10.6 Å². The van der Waals surface area contributed by atoms with Gasteiger partial charge in [-0.1, -0.05) is 24.3 Å². The number of hydrogen-bond acceptors (Lipinski definition) is 2. The Bertz CT molecular complexity index is 462. The van der Waals surface area contributed by atoms with Gasteiger partial charge in [-0.05, 0) is 24.0 Å². The van der Waals surface area contributed by atoms with Crippen molar-refractivity contribution in [3.63, 3.8) is 0 Å². The molecular weight excluding hydrogens is 224 g/mol. The number of carbonyl (C=O) groups is 1. The molecular formula is C15H18N2O. The van der Waals surface area contributed by atoms with E-state index in [2.05, 4.69) is 28.7 Å². The van der Waals surface area contributed by atoms with Crippen LogP contribution in [0, 0.1) is 12.3 Å². The highest BCUT2D eigenvalue weighted by atomic mass is 16.2. The predicted molar refractivity (Wildman–Crippen MR) is 71.9 cm³/mol. The summed E-state index contributed by atoms with van der Waals surface area (Å²) >= 11 is 0. The zero-order valence-electron chi connectivity index (χ0n) is 10.4. The van der Waals surface area contributed by atoms with Crippen LogP contribution in [-0.4, -0.2) is 18.5 Å². The molecule has 1 heterocycles. The molecule has 2 rings (SSSR count). The van der Waals surface area contributed by atoms with Gasteiger partial charge in [-0.2, -0.15) is 0 Å². The van der Waals surface area contributed by atoms with Crippen molar-refractivity contribution < 1.29 is 4.79 Å². The van der Waals surface area contributed by atoms with Crippen LogP contribution in [0.4, 0.5) is 0 Å². The van der Waals surface area contributed by atoms with Gasteiger partial charge in [0.2, 0.25) is 5.91 Å². The lowest BCUT2D eigenvalue weighted by Crippen LogP contribution is -2.47. The van der Waals surface area contributed by atoms with Crippen LogP contribution >= 0.6 is 0 Å². The molecule has 1 amide bonds. The maximum absolute atomic E-state index is 11.9. The van der Waals surface area contributed by atoms with Crippen LogP contribution in [0.3, 0.4) is 0 Å². The molecule has 0 aromatic heterocycles. The molecule has 94 valence electrons. The van der Waals surface area contributed by atoms with Crippen molar-refractivity contribution in [2.45, 2.75) is 31.8 Å². The molecule has 0 fully saturated rings. The number of terminal acetylenes is 1. The first-order valence-corrected chi connectivity index (χ1v) is 6.32. The van der Waals surface area contributed by atoms with E-state index in [4.69, 9.17) is 6.42 Å². The van der Waals surface area contributed by atoms with E-state index in [1.807, 2.05) is 12.1 Å². The summed E-state index contributed by atoms with van der Waals surface area (Å²) in [6.07, 6.45) is 7.48. The van der Waals surface area contributed by atoms with Crippen molar-refractivity contribution in [2.24, 2.45) is 0 Å². The highest BCUT2D eigenvalue weighted by molar-refractivity contribution is 5.82. The SMILES string of the molecule is C#CCCCNC(=O)C1Cc2ccccc2CN1. The maximum atomic E-state index is 11.9. The van der Waals surface area contributed by atoms with Gasteiger partial charge in [-0.15, -0.1) is 12.3 Å². The zero-order chi connectivity index (χ0) is 12.8. The first-order valence-electron chi connectivity index (χ1n) is 6.32. The lowest BCUT2D eigenvalue weighted by Gasteiger charge is -2.25. The Morgan fingerprint density at radius 1 is 1.44 bits per heavy atom. The number of nitrogens with one attached hydrogen (secondary N) is 2. The summed E-state index contributed by atoms with van der Waals surface area (Å²) in [7, 11) is 0. The molecule has 3 nitrogen and oxygen atoms in total. The largest absolute Gasteiger partial charge is 0.355 e. The quantitative estimate of drug-likeness (QED) is 0.616. The molecule has 0 spiro atoms. The topological polar surface area (TPSA) is 41.1 Å². The maximum Gasteiger partial charge on any atom is 0.237 e. The minimum Gasteiger partial charge on any atom is -0.355 e. The number of carbonyl (C=O) groups excluding carboxylic acids is 1. The standard InChI is InChI=1S/C15H18N2O/c1-2-3-6-9-16-15(18)14-10-12-7-4-5-8-13(12)11-17-14/h1,4-5,7-8,14,17H,3,6,9-11H2,(H,16,18). The fourth-order valence-electron chi connectivity index (χ4n) is 2.16. The van der Waals surface area contributed by atoms with Crippen molar-refractivity contribution in [1.82, 2.24) is 10.6 Å². The second-order valence-electron chi connectivity index (χ2n) is 4.51. The minimum absolute atomic E-state index is 0.0709. The van der Waals surface area contributed by atoms with E-state index in [1.165, 1.54) is 11.1 Å². The third-order valence-corrected chi connectivity index (χ3v) is 3.19. The molecule has 2 N–H and O–H groups in total. The van der Waals surface area contributed by atoms with E-state index in [0.717, 1.165) is 19.4 Å². The van der Waals surface area contributed by atoms with E-state index in [0.29, 0.717) is 13.0 Å². The highest BCUT2D eigenvalue weighted by Gasteiger charge is 2.23. The van der Waals surface area contributed by atoms with Gasteiger partial charge in [0, 0.05) is 19.5 Å². The fourth-order valence-corrected chi connectivity index (χ4v) is 2.16. The van der Waals surface area contributed by atoms with Gasteiger partial charge in [0.15, 0.2) is 0 Å². The Labute approximate surface area is 108 Å². The van der Waals surface area contributed by atoms with E-state index in [1.54, 1.807) is 0 Å². The lowest BCUT2D eigenvalue weighted by atomic mass is 9.95. The summed E-state index contributed by atoms with van der Waals surface area (Å²) < 4.78 is 0. The molecule has 1 aromatic rings. The zero-order valence-corrected chi connectivity index (χ0v) is 10.4. The first-order chi connectivity index (χ1) is 8.81. The summed E-state index contributed by atoms with van der Waals surface area (Å²) in [6.45, 7) is 1.42. The van der Waals surface area contributed by atoms with E-state index in [-0.39, 0.29) is 11.9 Å². The molecule has 0 saturated heterocycles. The van der Waals surface area contributed by atoms with Gasteiger partial charge in [0.1, 0.15) is 0 Å². The first kappa shape index (κ1) is 12.7. The molecule has 18 heavy (non-hydrogen) atoms. The second kappa shape index (κ2) is 6.23. The Morgan fingerprint density at radius 3 is 3.00 bits per heavy atom. The number of fused-ring (bicyclic) bond motifs is 1. The second-order valence-corrected chi connectivity index (χ2v) is 4.51. The van der Waals surface area contributed by atoms with Crippen molar-refractivity contribution in [3.8, 4) is 12.3 Å². The summed E-state index contributed by atoms with van der Waals surface area (Å²) in [4.78, 5) is 11.9. The molecule has 0 aliphatic carbocycles. The van der Waals surface area contributed by atoms with E-state index >= 15 is 0 Å². The molecule has 1 aliphatic rings. The molecule has 0 saturated carbocycles. The van der Waals surface area contributed by atoms with Gasteiger partial charge in [-0.3, -0.25) is 4.79 Å². The summed E-state index contributed by atoms with van der Waals surface area (Å²) in [6, 6.07) is 8.12. The van der Waals surface area contributed by atoms with Crippen molar-refractivity contribution in [2.75, 3.05) is 6.54 Å². The van der Waals surface area contributed by atoms with Crippen molar-refractivity contribution >= 4 is 5.91 Å². The Balaban J connectivity index is 1.85. The smallest absolute Gasteiger partial charge is 0.237 e. The van der Waals surface area contributed by atoms with Gasteiger partial charge in [-0.25, -0.2) is 0 Å². The molecule has 0 radical (unpaired) electrons. The Kier molecular flexibility index (Phi) is 4.38. The average Bonchev–Trinajstić information content (AvgIpc) is 2.43. The highest BCUT2D eigenvalue weighted by Crippen LogP contribution is 2.16. The van der Waals surface area contributed by atoms with Crippen LogP contribution < -0.4 is 10.6 Å². The third-order valence-electron chi connectivity index (χ3n) is 3.19.